The van der Waals surface area contributed by atoms with Crippen LogP contribution >= 0.6 is 0 Å². The summed E-state index contributed by atoms with van der Waals surface area (Å²) in [5.74, 6) is -1.31. The summed E-state index contributed by atoms with van der Waals surface area (Å²) in [4.78, 5) is 23.7. The summed E-state index contributed by atoms with van der Waals surface area (Å²) in [5, 5.41) is 9.56. The summed E-state index contributed by atoms with van der Waals surface area (Å²) in [6, 6.07) is 0. The fraction of sp³-hybridized carbons (Fsp3) is 0.846. The van der Waals surface area contributed by atoms with Gasteiger partial charge in [-0.3, -0.25) is 9.59 Å². The van der Waals surface area contributed by atoms with Gasteiger partial charge in [-0.05, 0) is 25.7 Å². The normalized spacial score (nSPS) is 12.3. The summed E-state index contributed by atoms with van der Waals surface area (Å²) in [5.41, 5.74) is -1.97. The molecule has 100 valence electrons. The second kappa shape index (κ2) is 6.03. The van der Waals surface area contributed by atoms with E-state index >= 15 is 0 Å². The van der Waals surface area contributed by atoms with E-state index in [0.29, 0.717) is 25.7 Å². The molecule has 0 aromatic carbocycles. The van der Waals surface area contributed by atoms with Crippen molar-refractivity contribution < 1.29 is 19.4 Å². The molecule has 0 bridgehead atoms. The molecule has 4 nitrogen and oxygen atoms in total. The molecule has 0 aliphatic rings. The summed E-state index contributed by atoms with van der Waals surface area (Å²) < 4.78 is 4.86. The van der Waals surface area contributed by atoms with Gasteiger partial charge in [-0.15, -0.1) is 0 Å². The van der Waals surface area contributed by atoms with E-state index in [0.717, 1.165) is 0 Å². The molecule has 0 aliphatic heterocycles. The SMILES string of the molecule is CCC(CC)(C(=O)O)C(CC)(CC)C(=O)OC. The van der Waals surface area contributed by atoms with Crippen LogP contribution in [-0.2, 0) is 14.3 Å². The summed E-state index contributed by atoms with van der Waals surface area (Å²) in [7, 11) is 1.32. The van der Waals surface area contributed by atoms with Crippen molar-refractivity contribution in [2.45, 2.75) is 53.4 Å². The number of hydrogen-bond acceptors (Lipinski definition) is 3. The van der Waals surface area contributed by atoms with Crippen LogP contribution < -0.4 is 0 Å². The van der Waals surface area contributed by atoms with Crippen LogP contribution in [0, 0.1) is 10.8 Å². The highest BCUT2D eigenvalue weighted by molar-refractivity contribution is 5.87. The highest BCUT2D eigenvalue weighted by atomic mass is 16.5. The molecule has 0 aliphatic carbocycles. The average Bonchev–Trinajstić information content (AvgIpc) is 2.35. The second-order valence-corrected chi connectivity index (χ2v) is 4.38. The zero-order valence-corrected chi connectivity index (χ0v) is 11.5. The Morgan fingerprint density at radius 3 is 1.47 bits per heavy atom. The van der Waals surface area contributed by atoms with Crippen molar-refractivity contribution in [1.82, 2.24) is 0 Å². The standard InChI is InChI=1S/C13H24O4/c1-6-12(7-2,10(14)15)13(8-3,9-4)11(16)17-5/h6-9H2,1-5H3,(H,14,15). The maximum absolute atomic E-state index is 12.1. The molecule has 0 radical (unpaired) electrons. The third kappa shape index (κ3) is 2.17. The van der Waals surface area contributed by atoms with Gasteiger partial charge in [0.15, 0.2) is 0 Å². The number of aliphatic carboxylic acids is 1. The van der Waals surface area contributed by atoms with E-state index in [-0.39, 0.29) is 0 Å². The fourth-order valence-electron chi connectivity index (χ4n) is 3.04. The topological polar surface area (TPSA) is 63.6 Å². The number of hydrogen-bond donors (Lipinski definition) is 1. The van der Waals surface area contributed by atoms with Gasteiger partial charge in [-0.2, -0.15) is 0 Å². The number of rotatable bonds is 7. The molecule has 0 fully saturated rings. The molecule has 0 aromatic heterocycles. The third-order valence-corrected chi connectivity index (χ3v) is 4.32. The first-order valence-electron chi connectivity index (χ1n) is 6.24. The molecule has 1 N–H and O–H groups in total. The van der Waals surface area contributed by atoms with Crippen molar-refractivity contribution in [3.8, 4) is 0 Å². The molecule has 0 heterocycles. The molecule has 0 aromatic rings. The summed E-state index contributed by atoms with van der Waals surface area (Å²) in [6.45, 7) is 7.34. The highest BCUT2D eigenvalue weighted by Gasteiger charge is 2.57. The maximum atomic E-state index is 12.1. The number of ether oxygens (including phenoxy) is 1. The smallest absolute Gasteiger partial charge is 0.312 e. The Bertz CT molecular complexity index is 275. The molecule has 0 unspecified atom stereocenters. The van der Waals surface area contributed by atoms with Gasteiger partial charge in [0.25, 0.3) is 0 Å². The van der Waals surface area contributed by atoms with Crippen molar-refractivity contribution in [3.63, 3.8) is 0 Å². The van der Waals surface area contributed by atoms with Crippen LogP contribution in [-0.4, -0.2) is 24.2 Å². The molecular formula is C13H24O4. The van der Waals surface area contributed by atoms with E-state index in [2.05, 4.69) is 0 Å². The predicted molar refractivity (Wildman–Crippen MR) is 65.7 cm³/mol. The number of carboxylic acids is 1. The van der Waals surface area contributed by atoms with E-state index in [1.807, 2.05) is 27.7 Å². The summed E-state index contributed by atoms with van der Waals surface area (Å²) >= 11 is 0. The lowest BCUT2D eigenvalue weighted by Gasteiger charge is -2.44. The molecule has 17 heavy (non-hydrogen) atoms. The van der Waals surface area contributed by atoms with Crippen molar-refractivity contribution in [3.05, 3.63) is 0 Å². The maximum Gasteiger partial charge on any atom is 0.312 e. The number of esters is 1. The van der Waals surface area contributed by atoms with E-state index in [9.17, 15) is 14.7 Å². The monoisotopic (exact) mass is 244 g/mol. The van der Waals surface area contributed by atoms with Crippen molar-refractivity contribution in [1.29, 1.82) is 0 Å². The van der Waals surface area contributed by atoms with Gasteiger partial charge < -0.3 is 9.84 Å². The Kier molecular flexibility index (Phi) is 5.66. The molecule has 0 spiro atoms. The van der Waals surface area contributed by atoms with Crippen LogP contribution in [0.1, 0.15) is 53.4 Å². The minimum absolute atomic E-state index is 0.409. The Balaban J connectivity index is 5.85. The largest absolute Gasteiger partial charge is 0.481 e. The Labute approximate surface area is 103 Å². The minimum Gasteiger partial charge on any atom is -0.481 e. The van der Waals surface area contributed by atoms with Gasteiger partial charge in [-0.25, -0.2) is 0 Å². The zero-order chi connectivity index (χ0) is 13.7. The molecular weight excluding hydrogens is 220 g/mol. The molecule has 4 heteroatoms. The third-order valence-electron chi connectivity index (χ3n) is 4.32. The van der Waals surface area contributed by atoms with E-state index in [4.69, 9.17) is 4.74 Å². The number of methoxy groups -OCH3 is 1. The molecule has 0 amide bonds. The van der Waals surface area contributed by atoms with Crippen molar-refractivity contribution in [2.24, 2.45) is 10.8 Å². The van der Waals surface area contributed by atoms with Crippen LogP contribution in [0.3, 0.4) is 0 Å². The highest BCUT2D eigenvalue weighted by Crippen LogP contribution is 2.50. The minimum atomic E-state index is -1.04. The lowest BCUT2D eigenvalue weighted by Crippen LogP contribution is -2.52. The van der Waals surface area contributed by atoms with E-state index in [1.165, 1.54) is 7.11 Å². The van der Waals surface area contributed by atoms with Gasteiger partial charge in [-0.1, -0.05) is 27.7 Å². The first-order chi connectivity index (χ1) is 7.92. The first-order valence-corrected chi connectivity index (χ1v) is 6.24. The fourth-order valence-corrected chi connectivity index (χ4v) is 3.04. The van der Waals surface area contributed by atoms with Gasteiger partial charge in [0.05, 0.1) is 17.9 Å². The molecule has 0 saturated carbocycles. The van der Waals surface area contributed by atoms with E-state index in [1.54, 1.807) is 0 Å². The number of carboxylic acid groups (broad SMARTS) is 1. The Morgan fingerprint density at radius 1 is 0.941 bits per heavy atom. The Hall–Kier alpha value is -1.06. The number of carbonyl (C=O) groups excluding carboxylic acids is 1. The quantitative estimate of drug-likeness (QED) is 0.699. The van der Waals surface area contributed by atoms with Gasteiger partial charge in [0.2, 0.25) is 0 Å². The second-order valence-electron chi connectivity index (χ2n) is 4.38. The van der Waals surface area contributed by atoms with E-state index < -0.39 is 22.8 Å². The first kappa shape index (κ1) is 15.9. The Morgan fingerprint density at radius 2 is 1.29 bits per heavy atom. The van der Waals surface area contributed by atoms with Crippen LogP contribution in [0.4, 0.5) is 0 Å². The van der Waals surface area contributed by atoms with Crippen LogP contribution in [0.5, 0.6) is 0 Å². The van der Waals surface area contributed by atoms with Crippen LogP contribution in [0.2, 0.25) is 0 Å². The lowest BCUT2D eigenvalue weighted by molar-refractivity contribution is -0.179. The van der Waals surface area contributed by atoms with Crippen molar-refractivity contribution in [2.75, 3.05) is 7.11 Å². The summed E-state index contributed by atoms with van der Waals surface area (Å²) in [6.07, 6.45) is 1.81. The molecule has 0 atom stereocenters. The predicted octanol–water partition coefficient (Wildman–Crippen LogP) is 2.86. The van der Waals surface area contributed by atoms with Gasteiger partial charge in [0, 0.05) is 0 Å². The van der Waals surface area contributed by atoms with Crippen LogP contribution in [0.15, 0.2) is 0 Å². The van der Waals surface area contributed by atoms with Crippen LogP contribution in [0.25, 0.3) is 0 Å². The van der Waals surface area contributed by atoms with Gasteiger partial charge >= 0.3 is 11.9 Å². The van der Waals surface area contributed by atoms with Gasteiger partial charge in [0.1, 0.15) is 0 Å². The zero-order valence-electron chi connectivity index (χ0n) is 11.5. The average molecular weight is 244 g/mol. The van der Waals surface area contributed by atoms with Crippen molar-refractivity contribution >= 4 is 11.9 Å². The molecule has 0 saturated heterocycles. The number of carbonyl (C=O) groups is 2. The molecule has 0 rings (SSSR count). The lowest BCUT2D eigenvalue weighted by atomic mass is 9.57.